The minimum atomic E-state index is -0.310. The van der Waals surface area contributed by atoms with Crippen molar-refractivity contribution < 1.29 is 14.3 Å². The molecule has 0 N–H and O–H groups in total. The van der Waals surface area contributed by atoms with E-state index in [1.807, 2.05) is 29.2 Å². The second-order valence-corrected chi connectivity index (χ2v) is 6.67. The molecule has 0 aromatic carbocycles. The van der Waals surface area contributed by atoms with E-state index in [0.717, 1.165) is 31.6 Å². The molecule has 2 aliphatic heterocycles. The van der Waals surface area contributed by atoms with E-state index in [1.165, 1.54) is 0 Å². The van der Waals surface area contributed by atoms with Crippen molar-refractivity contribution >= 4 is 5.91 Å². The lowest BCUT2D eigenvalue weighted by molar-refractivity contribution is -0.0454. The summed E-state index contributed by atoms with van der Waals surface area (Å²) in [4.78, 5) is 22.8. The zero-order valence-electron chi connectivity index (χ0n) is 14.0. The van der Waals surface area contributed by atoms with Gasteiger partial charge in [-0.05, 0) is 37.1 Å². The fraction of sp³-hybridized carbons (Fsp3) is 0.421. The van der Waals surface area contributed by atoms with Gasteiger partial charge in [-0.15, -0.1) is 0 Å². The second kappa shape index (κ2) is 6.80. The molecule has 1 spiro atoms. The topological polar surface area (TPSA) is 64.6 Å². The van der Waals surface area contributed by atoms with E-state index in [4.69, 9.17) is 9.47 Å². The van der Waals surface area contributed by atoms with E-state index in [2.05, 4.69) is 9.97 Å². The van der Waals surface area contributed by atoms with Gasteiger partial charge in [0.15, 0.2) is 0 Å². The van der Waals surface area contributed by atoms with Crippen LogP contribution in [0.5, 0.6) is 5.75 Å². The van der Waals surface area contributed by atoms with Gasteiger partial charge in [0.2, 0.25) is 0 Å². The zero-order valence-corrected chi connectivity index (χ0v) is 14.0. The third-order valence-corrected chi connectivity index (χ3v) is 4.82. The number of nitrogens with zero attached hydrogens (tertiary/aromatic N) is 3. The predicted octanol–water partition coefficient (Wildman–Crippen LogP) is 2.32. The smallest absolute Gasteiger partial charge is 0.272 e. The van der Waals surface area contributed by atoms with Gasteiger partial charge >= 0.3 is 0 Å². The Balaban J connectivity index is 1.42. The van der Waals surface area contributed by atoms with Crippen molar-refractivity contribution in [2.75, 3.05) is 19.7 Å². The molecule has 2 aliphatic rings. The van der Waals surface area contributed by atoms with E-state index in [1.54, 1.807) is 24.7 Å². The Hall–Kier alpha value is -2.47. The van der Waals surface area contributed by atoms with Gasteiger partial charge in [0.25, 0.3) is 5.91 Å². The molecule has 6 nitrogen and oxygen atoms in total. The molecule has 0 saturated carbocycles. The van der Waals surface area contributed by atoms with Crippen LogP contribution in [0, 0.1) is 0 Å². The van der Waals surface area contributed by atoms with Gasteiger partial charge in [0.1, 0.15) is 17.5 Å². The molecule has 6 heteroatoms. The maximum atomic E-state index is 12.7. The van der Waals surface area contributed by atoms with Gasteiger partial charge < -0.3 is 14.4 Å². The number of rotatable bonds is 3. The highest BCUT2D eigenvalue weighted by atomic mass is 16.6. The number of amides is 1. The average molecular weight is 339 g/mol. The molecule has 2 fully saturated rings. The largest absolute Gasteiger partial charge is 0.486 e. The highest BCUT2D eigenvalue weighted by Crippen LogP contribution is 2.36. The van der Waals surface area contributed by atoms with Crippen LogP contribution in [0.1, 0.15) is 29.8 Å². The van der Waals surface area contributed by atoms with Crippen molar-refractivity contribution in [3.8, 4) is 5.75 Å². The maximum absolute atomic E-state index is 12.7. The maximum Gasteiger partial charge on any atom is 0.272 e. The van der Waals surface area contributed by atoms with Crippen LogP contribution in [0.15, 0.2) is 48.9 Å². The van der Waals surface area contributed by atoms with E-state index in [0.29, 0.717) is 18.8 Å². The normalized spacial score (nSPS) is 25.9. The quantitative estimate of drug-likeness (QED) is 0.859. The number of carbonyl (C=O) groups excluding carboxylic acids is 1. The number of ether oxygens (including phenoxy) is 2. The second-order valence-electron chi connectivity index (χ2n) is 6.67. The first kappa shape index (κ1) is 16.0. The third-order valence-electron chi connectivity index (χ3n) is 4.82. The fourth-order valence-electron chi connectivity index (χ4n) is 3.69. The first-order valence-corrected chi connectivity index (χ1v) is 8.65. The summed E-state index contributed by atoms with van der Waals surface area (Å²) in [5.74, 6) is 0.727. The van der Waals surface area contributed by atoms with Gasteiger partial charge in [-0.2, -0.15) is 0 Å². The molecule has 2 aromatic rings. The van der Waals surface area contributed by atoms with E-state index in [-0.39, 0.29) is 17.6 Å². The highest BCUT2D eigenvalue weighted by Gasteiger charge is 2.45. The lowest BCUT2D eigenvalue weighted by Crippen LogP contribution is -2.50. The number of piperidine rings is 1. The molecular weight excluding hydrogens is 318 g/mol. The van der Waals surface area contributed by atoms with Gasteiger partial charge in [0, 0.05) is 25.4 Å². The van der Waals surface area contributed by atoms with E-state index < -0.39 is 0 Å². The lowest BCUT2D eigenvalue weighted by Gasteiger charge is -2.39. The van der Waals surface area contributed by atoms with Crippen molar-refractivity contribution in [1.29, 1.82) is 0 Å². The summed E-state index contributed by atoms with van der Waals surface area (Å²) in [5.41, 5.74) is 0.177. The summed E-state index contributed by atoms with van der Waals surface area (Å²) in [6.07, 6.45) is 7.74. The van der Waals surface area contributed by atoms with Crippen molar-refractivity contribution in [1.82, 2.24) is 14.9 Å². The van der Waals surface area contributed by atoms with Crippen LogP contribution in [0.4, 0.5) is 0 Å². The van der Waals surface area contributed by atoms with E-state index in [9.17, 15) is 4.79 Å². The van der Waals surface area contributed by atoms with Crippen LogP contribution < -0.4 is 4.74 Å². The number of hydrogen-bond donors (Lipinski definition) is 0. The standard InChI is InChI=1S/C19H21N3O3/c23-18(17-6-1-2-9-21-17)22-10-4-7-19(14-22)11-16(13-24-19)25-15-5-3-8-20-12-15/h1-3,5-6,8-9,12,16H,4,7,10-11,13-14H2/t16-,19-/m1/s1. The first-order valence-electron chi connectivity index (χ1n) is 8.65. The molecular formula is C19H21N3O3. The van der Waals surface area contributed by atoms with Crippen LogP contribution in [-0.2, 0) is 4.74 Å². The zero-order chi connectivity index (χ0) is 17.1. The van der Waals surface area contributed by atoms with Crippen LogP contribution >= 0.6 is 0 Å². The van der Waals surface area contributed by atoms with Gasteiger partial charge in [-0.1, -0.05) is 6.07 Å². The Kier molecular flexibility index (Phi) is 4.36. The summed E-state index contributed by atoms with van der Waals surface area (Å²) in [7, 11) is 0. The predicted molar refractivity (Wildman–Crippen MR) is 91.3 cm³/mol. The average Bonchev–Trinajstić information content (AvgIpc) is 3.04. The Morgan fingerprint density at radius 2 is 2.24 bits per heavy atom. The molecule has 4 rings (SSSR count). The molecule has 4 heterocycles. The minimum Gasteiger partial charge on any atom is -0.486 e. The van der Waals surface area contributed by atoms with Crippen LogP contribution in [0.25, 0.3) is 0 Å². The first-order chi connectivity index (χ1) is 12.2. The molecule has 2 atom stereocenters. The third kappa shape index (κ3) is 3.49. The summed E-state index contributed by atoms with van der Waals surface area (Å²) in [6, 6.07) is 9.16. The monoisotopic (exact) mass is 339 g/mol. The number of aromatic nitrogens is 2. The Labute approximate surface area is 146 Å². The fourth-order valence-corrected chi connectivity index (χ4v) is 3.69. The van der Waals surface area contributed by atoms with Crippen LogP contribution in [-0.4, -0.2) is 52.2 Å². The summed E-state index contributed by atoms with van der Waals surface area (Å²) < 4.78 is 12.1. The molecule has 2 saturated heterocycles. The molecule has 0 bridgehead atoms. The Morgan fingerprint density at radius 1 is 1.28 bits per heavy atom. The number of carbonyl (C=O) groups is 1. The van der Waals surface area contributed by atoms with Crippen molar-refractivity contribution in [2.24, 2.45) is 0 Å². The molecule has 0 unspecified atom stereocenters. The Morgan fingerprint density at radius 3 is 3.04 bits per heavy atom. The number of likely N-dealkylation sites (tertiary alicyclic amines) is 1. The van der Waals surface area contributed by atoms with Crippen molar-refractivity contribution in [3.63, 3.8) is 0 Å². The van der Waals surface area contributed by atoms with Gasteiger partial charge in [-0.25, -0.2) is 0 Å². The van der Waals surface area contributed by atoms with E-state index >= 15 is 0 Å². The SMILES string of the molecule is O=C(c1ccccn1)N1CCC[C@@]2(C[C@@H](Oc3cccnc3)CO2)C1. The molecule has 1 amide bonds. The summed E-state index contributed by atoms with van der Waals surface area (Å²) >= 11 is 0. The summed E-state index contributed by atoms with van der Waals surface area (Å²) in [5, 5.41) is 0. The van der Waals surface area contributed by atoms with Gasteiger partial charge in [0.05, 0.1) is 24.9 Å². The minimum absolute atomic E-state index is 0.00546. The van der Waals surface area contributed by atoms with Crippen LogP contribution in [0.3, 0.4) is 0 Å². The number of pyridine rings is 2. The molecule has 2 aromatic heterocycles. The van der Waals surface area contributed by atoms with Crippen molar-refractivity contribution in [3.05, 3.63) is 54.6 Å². The highest BCUT2D eigenvalue weighted by molar-refractivity contribution is 5.92. The van der Waals surface area contributed by atoms with Crippen LogP contribution in [0.2, 0.25) is 0 Å². The number of hydrogen-bond acceptors (Lipinski definition) is 5. The molecule has 25 heavy (non-hydrogen) atoms. The van der Waals surface area contributed by atoms with Crippen molar-refractivity contribution in [2.45, 2.75) is 31.0 Å². The Bertz CT molecular complexity index is 725. The molecule has 0 radical (unpaired) electrons. The molecule has 0 aliphatic carbocycles. The molecule has 130 valence electrons. The summed E-state index contributed by atoms with van der Waals surface area (Å²) in [6.45, 7) is 1.88. The lowest BCUT2D eigenvalue weighted by atomic mass is 9.89. The van der Waals surface area contributed by atoms with Gasteiger partial charge in [-0.3, -0.25) is 14.8 Å².